The molecule has 1 aromatic carbocycles. The zero-order valence-corrected chi connectivity index (χ0v) is 12.8. The van der Waals surface area contributed by atoms with Crippen molar-refractivity contribution in [3.63, 3.8) is 0 Å². The van der Waals surface area contributed by atoms with Crippen molar-refractivity contribution in [1.29, 1.82) is 0 Å². The summed E-state index contributed by atoms with van der Waals surface area (Å²) in [5.41, 5.74) is 1.18. The Bertz CT molecular complexity index is 785. The number of benzene rings is 1. The molecule has 0 aliphatic rings. The fourth-order valence-corrected chi connectivity index (χ4v) is 1.81. The molecular weight excluding hydrogens is 280 g/mol. The standard InChI is InChI=1S/C16H18N4O2/c1-12(9-13-7-5-4-6-8-13)11-17-20(3)14-10-15(21)19(2)16(22)18-14/h4-11H,1-3H3,(H,18,22)/b12-9-,17-11+. The van der Waals surface area contributed by atoms with Gasteiger partial charge in [-0.3, -0.25) is 19.4 Å². The van der Waals surface area contributed by atoms with Gasteiger partial charge in [0.25, 0.3) is 5.56 Å². The zero-order valence-electron chi connectivity index (χ0n) is 12.8. The van der Waals surface area contributed by atoms with Crippen LogP contribution in [0.1, 0.15) is 12.5 Å². The quantitative estimate of drug-likeness (QED) is 0.688. The van der Waals surface area contributed by atoms with E-state index in [1.165, 1.54) is 18.1 Å². The molecule has 0 amide bonds. The molecule has 2 aromatic rings. The Balaban J connectivity index is 2.18. The second kappa shape index (κ2) is 6.71. The predicted molar refractivity (Wildman–Crippen MR) is 89.3 cm³/mol. The lowest BCUT2D eigenvalue weighted by Crippen LogP contribution is -2.33. The molecule has 1 N–H and O–H groups in total. The molecule has 0 bridgehead atoms. The summed E-state index contributed by atoms with van der Waals surface area (Å²) >= 11 is 0. The molecule has 0 aliphatic heterocycles. The van der Waals surface area contributed by atoms with Crippen LogP contribution in [-0.4, -0.2) is 22.8 Å². The summed E-state index contributed by atoms with van der Waals surface area (Å²) in [5.74, 6) is 0.344. The van der Waals surface area contributed by atoms with Crippen molar-refractivity contribution >= 4 is 18.1 Å². The summed E-state index contributed by atoms with van der Waals surface area (Å²) in [6.07, 6.45) is 3.66. The Morgan fingerprint density at radius 1 is 1.27 bits per heavy atom. The summed E-state index contributed by atoms with van der Waals surface area (Å²) in [6.45, 7) is 1.93. The summed E-state index contributed by atoms with van der Waals surface area (Å²) in [7, 11) is 3.08. The summed E-state index contributed by atoms with van der Waals surface area (Å²) in [4.78, 5) is 25.7. The third-order valence-corrected chi connectivity index (χ3v) is 3.11. The third kappa shape index (κ3) is 3.82. The van der Waals surface area contributed by atoms with Crippen molar-refractivity contribution in [2.75, 3.05) is 12.1 Å². The van der Waals surface area contributed by atoms with Crippen LogP contribution in [0.3, 0.4) is 0 Å². The van der Waals surface area contributed by atoms with Gasteiger partial charge in [0, 0.05) is 20.2 Å². The maximum atomic E-state index is 11.6. The Morgan fingerprint density at radius 2 is 1.95 bits per heavy atom. The van der Waals surface area contributed by atoms with Gasteiger partial charge in [0.05, 0.1) is 6.21 Å². The van der Waals surface area contributed by atoms with Crippen LogP contribution in [-0.2, 0) is 7.05 Å². The molecule has 6 heteroatoms. The molecule has 6 nitrogen and oxygen atoms in total. The number of nitrogens with zero attached hydrogens (tertiary/aromatic N) is 3. The number of nitrogens with one attached hydrogen (secondary N) is 1. The van der Waals surface area contributed by atoms with Gasteiger partial charge in [0.15, 0.2) is 0 Å². The average molecular weight is 298 g/mol. The van der Waals surface area contributed by atoms with E-state index in [9.17, 15) is 9.59 Å². The second-order valence-corrected chi connectivity index (χ2v) is 4.92. The van der Waals surface area contributed by atoms with Crippen LogP contribution in [0.4, 0.5) is 5.82 Å². The summed E-state index contributed by atoms with van der Waals surface area (Å²) in [5, 5.41) is 5.67. The van der Waals surface area contributed by atoms with E-state index in [1.807, 2.05) is 43.3 Å². The predicted octanol–water partition coefficient (Wildman–Crippen LogP) is 1.60. The first-order valence-corrected chi connectivity index (χ1v) is 6.79. The Kier molecular flexibility index (Phi) is 4.73. The zero-order chi connectivity index (χ0) is 16.1. The van der Waals surface area contributed by atoms with Crippen molar-refractivity contribution < 1.29 is 0 Å². The smallest absolute Gasteiger partial charge is 0.292 e. The molecule has 0 saturated heterocycles. The lowest BCUT2D eigenvalue weighted by atomic mass is 10.1. The fraction of sp³-hybridized carbons (Fsp3) is 0.188. The number of hydrogen-bond acceptors (Lipinski definition) is 4. The van der Waals surface area contributed by atoms with Crippen molar-refractivity contribution in [2.45, 2.75) is 6.92 Å². The van der Waals surface area contributed by atoms with Gasteiger partial charge in [-0.25, -0.2) is 4.79 Å². The number of anilines is 1. The topological polar surface area (TPSA) is 70.5 Å². The molecule has 0 atom stereocenters. The van der Waals surface area contributed by atoms with E-state index in [0.29, 0.717) is 5.82 Å². The fourth-order valence-electron chi connectivity index (χ4n) is 1.81. The first-order chi connectivity index (χ1) is 10.5. The molecule has 114 valence electrons. The molecule has 0 saturated carbocycles. The van der Waals surface area contributed by atoms with Gasteiger partial charge in [-0.1, -0.05) is 36.4 Å². The maximum Gasteiger partial charge on any atom is 0.329 e. The Hall–Kier alpha value is -2.89. The largest absolute Gasteiger partial charge is 0.329 e. The first kappa shape index (κ1) is 15.5. The number of H-pyrrole nitrogens is 1. The Labute approximate surface area is 128 Å². The van der Waals surface area contributed by atoms with Gasteiger partial charge in [0.1, 0.15) is 5.82 Å². The average Bonchev–Trinajstić information content (AvgIpc) is 2.50. The highest BCUT2D eigenvalue weighted by atomic mass is 16.2. The molecule has 0 radical (unpaired) electrons. The van der Waals surface area contributed by atoms with E-state index in [0.717, 1.165) is 15.7 Å². The van der Waals surface area contributed by atoms with E-state index < -0.39 is 5.69 Å². The van der Waals surface area contributed by atoms with Crippen LogP contribution in [0.25, 0.3) is 6.08 Å². The van der Waals surface area contributed by atoms with Gasteiger partial charge >= 0.3 is 5.69 Å². The van der Waals surface area contributed by atoms with Crippen LogP contribution in [0.15, 0.2) is 56.7 Å². The van der Waals surface area contributed by atoms with Gasteiger partial charge in [-0.15, -0.1) is 0 Å². The highest BCUT2D eigenvalue weighted by Crippen LogP contribution is 2.06. The van der Waals surface area contributed by atoms with E-state index in [-0.39, 0.29) is 5.56 Å². The van der Waals surface area contributed by atoms with Crippen LogP contribution in [0.5, 0.6) is 0 Å². The summed E-state index contributed by atoms with van der Waals surface area (Å²) in [6, 6.07) is 11.2. The summed E-state index contributed by atoms with van der Waals surface area (Å²) < 4.78 is 1.00. The van der Waals surface area contributed by atoms with Crippen LogP contribution >= 0.6 is 0 Å². The number of aromatic nitrogens is 2. The normalized spacial score (nSPS) is 11.9. The van der Waals surface area contributed by atoms with Crippen LogP contribution in [0, 0.1) is 0 Å². The number of hydrazone groups is 1. The van der Waals surface area contributed by atoms with Crippen molar-refractivity contribution in [2.24, 2.45) is 12.1 Å². The first-order valence-electron chi connectivity index (χ1n) is 6.79. The molecular formula is C16H18N4O2. The van der Waals surface area contributed by atoms with E-state index in [4.69, 9.17) is 0 Å². The Morgan fingerprint density at radius 3 is 2.59 bits per heavy atom. The van der Waals surface area contributed by atoms with Crippen LogP contribution < -0.4 is 16.3 Å². The molecule has 0 spiro atoms. The maximum absolute atomic E-state index is 11.6. The van der Waals surface area contributed by atoms with Crippen molar-refractivity contribution in [1.82, 2.24) is 9.55 Å². The van der Waals surface area contributed by atoms with E-state index in [2.05, 4.69) is 10.1 Å². The number of aromatic amines is 1. The van der Waals surface area contributed by atoms with Gasteiger partial charge in [0.2, 0.25) is 0 Å². The molecule has 0 unspecified atom stereocenters. The molecule has 1 aromatic heterocycles. The minimum absolute atomic E-state index is 0.344. The van der Waals surface area contributed by atoms with Gasteiger partial charge < -0.3 is 0 Å². The molecule has 1 heterocycles. The molecule has 2 rings (SSSR count). The molecule has 0 aliphatic carbocycles. The molecule has 0 fully saturated rings. The number of rotatable bonds is 4. The SMILES string of the molecule is CC(=C/c1ccccc1)/C=N/N(C)c1cc(=O)n(C)c(=O)[nH]1. The lowest BCUT2D eigenvalue weighted by Gasteiger charge is -2.12. The van der Waals surface area contributed by atoms with Crippen molar-refractivity contribution in [3.05, 3.63) is 68.4 Å². The van der Waals surface area contributed by atoms with Gasteiger partial charge in [-0.2, -0.15) is 5.10 Å². The van der Waals surface area contributed by atoms with Crippen LogP contribution in [0.2, 0.25) is 0 Å². The minimum atomic E-state index is -0.471. The van der Waals surface area contributed by atoms with E-state index in [1.54, 1.807) is 13.3 Å². The lowest BCUT2D eigenvalue weighted by molar-refractivity contribution is 0.766. The highest BCUT2D eigenvalue weighted by Gasteiger charge is 2.03. The third-order valence-electron chi connectivity index (χ3n) is 3.11. The minimum Gasteiger partial charge on any atom is -0.292 e. The molecule has 22 heavy (non-hydrogen) atoms. The monoisotopic (exact) mass is 298 g/mol. The van der Waals surface area contributed by atoms with Crippen molar-refractivity contribution in [3.8, 4) is 0 Å². The van der Waals surface area contributed by atoms with E-state index >= 15 is 0 Å². The van der Waals surface area contributed by atoms with Gasteiger partial charge in [-0.05, 0) is 18.1 Å². The number of allylic oxidation sites excluding steroid dienone is 1. The number of hydrogen-bond donors (Lipinski definition) is 1. The highest BCUT2D eigenvalue weighted by molar-refractivity contribution is 5.85. The second-order valence-electron chi connectivity index (χ2n) is 4.92.